The number of aryl methyl sites for hydroxylation is 1. The van der Waals surface area contributed by atoms with Crippen molar-refractivity contribution in [2.45, 2.75) is 19.8 Å². The molecule has 0 saturated carbocycles. The van der Waals surface area contributed by atoms with Gasteiger partial charge in [-0.15, -0.1) is 0 Å². The summed E-state index contributed by atoms with van der Waals surface area (Å²) in [5.74, 6) is -0.0522. The number of hydrogen-bond acceptors (Lipinski definition) is 3. The first kappa shape index (κ1) is 15.3. The molecule has 1 heterocycles. The van der Waals surface area contributed by atoms with E-state index in [0.717, 1.165) is 5.69 Å². The molecular formula is C15H22N4O2. The maximum atomic E-state index is 11.7. The molecule has 1 aromatic carbocycles. The third-order valence-electron chi connectivity index (χ3n) is 3.85. The van der Waals surface area contributed by atoms with Crippen LogP contribution in [0.25, 0.3) is 0 Å². The molecule has 0 atom stereocenters. The molecule has 114 valence electrons. The molecule has 6 heteroatoms. The lowest BCUT2D eigenvalue weighted by molar-refractivity contribution is -0.132. The summed E-state index contributed by atoms with van der Waals surface area (Å²) >= 11 is 0. The van der Waals surface area contributed by atoms with Crippen molar-refractivity contribution >= 4 is 17.6 Å². The fourth-order valence-corrected chi connectivity index (χ4v) is 2.31. The van der Waals surface area contributed by atoms with E-state index in [-0.39, 0.29) is 18.4 Å². The Bertz CT molecular complexity index is 519. The van der Waals surface area contributed by atoms with Gasteiger partial charge in [0.15, 0.2) is 5.96 Å². The van der Waals surface area contributed by atoms with Crippen molar-refractivity contribution in [2.24, 2.45) is 21.9 Å². The summed E-state index contributed by atoms with van der Waals surface area (Å²) in [7, 11) is 0. The van der Waals surface area contributed by atoms with Crippen LogP contribution in [0.3, 0.4) is 0 Å². The average Bonchev–Trinajstić information content (AvgIpc) is 2.48. The highest BCUT2D eigenvalue weighted by Gasteiger charge is 2.38. The predicted molar refractivity (Wildman–Crippen MR) is 83.0 cm³/mol. The smallest absolute Gasteiger partial charge is 0.225 e. The number of rotatable bonds is 4. The van der Waals surface area contributed by atoms with Crippen LogP contribution in [-0.2, 0) is 9.53 Å². The second-order valence-electron chi connectivity index (χ2n) is 5.45. The molecule has 2 rings (SSSR count). The molecule has 0 unspecified atom stereocenters. The Hall–Kier alpha value is -2.08. The van der Waals surface area contributed by atoms with Gasteiger partial charge >= 0.3 is 0 Å². The summed E-state index contributed by atoms with van der Waals surface area (Å²) in [6.45, 7) is 3.37. The van der Waals surface area contributed by atoms with Crippen molar-refractivity contribution in [1.82, 2.24) is 0 Å². The minimum Gasteiger partial charge on any atom is -0.381 e. The molecule has 0 spiro atoms. The Morgan fingerprint density at radius 2 is 1.90 bits per heavy atom. The number of carbonyl (C=O) groups is 1. The first-order chi connectivity index (χ1) is 10.0. The Morgan fingerprint density at radius 1 is 1.29 bits per heavy atom. The lowest BCUT2D eigenvalue weighted by atomic mass is 9.79. The second-order valence-corrected chi connectivity index (χ2v) is 5.45. The molecule has 0 radical (unpaired) electrons. The molecule has 1 fully saturated rings. The Labute approximate surface area is 124 Å². The van der Waals surface area contributed by atoms with Gasteiger partial charge in [-0.25, -0.2) is 0 Å². The molecule has 1 saturated heterocycles. The monoisotopic (exact) mass is 290 g/mol. The van der Waals surface area contributed by atoms with Crippen LogP contribution in [0.1, 0.15) is 18.4 Å². The highest BCUT2D eigenvalue weighted by molar-refractivity contribution is 5.92. The van der Waals surface area contributed by atoms with Gasteiger partial charge in [-0.2, -0.15) is 0 Å². The summed E-state index contributed by atoms with van der Waals surface area (Å²) < 4.78 is 5.29. The molecule has 6 nitrogen and oxygen atoms in total. The van der Waals surface area contributed by atoms with Crippen LogP contribution in [0.2, 0.25) is 0 Å². The Balaban J connectivity index is 2.01. The molecule has 1 amide bonds. The minimum atomic E-state index is -0.641. The highest BCUT2D eigenvalue weighted by atomic mass is 16.5. The van der Waals surface area contributed by atoms with Gasteiger partial charge in [0.05, 0.1) is 12.0 Å². The third kappa shape index (κ3) is 3.95. The van der Waals surface area contributed by atoms with E-state index in [9.17, 15) is 4.79 Å². The fraction of sp³-hybridized carbons (Fsp3) is 0.467. The summed E-state index contributed by atoms with van der Waals surface area (Å²) in [4.78, 5) is 16.0. The van der Waals surface area contributed by atoms with Gasteiger partial charge in [-0.1, -0.05) is 17.7 Å². The number of hydrogen-bond donors (Lipinski definition) is 3. The zero-order chi connectivity index (χ0) is 15.3. The number of guanidine groups is 1. The van der Waals surface area contributed by atoms with Crippen LogP contribution in [0, 0.1) is 12.3 Å². The van der Waals surface area contributed by atoms with Crippen molar-refractivity contribution < 1.29 is 9.53 Å². The number of ether oxygens (including phenoxy) is 1. The van der Waals surface area contributed by atoms with E-state index in [0.29, 0.717) is 26.1 Å². The third-order valence-corrected chi connectivity index (χ3v) is 3.85. The van der Waals surface area contributed by atoms with Crippen LogP contribution in [0.5, 0.6) is 0 Å². The van der Waals surface area contributed by atoms with E-state index in [1.54, 1.807) is 0 Å². The van der Waals surface area contributed by atoms with E-state index >= 15 is 0 Å². The van der Waals surface area contributed by atoms with Gasteiger partial charge in [-0.3, -0.25) is 9.79 Å². The number of aliphatic imine (C=N–C) groups is 1. The van der Waals surface area contributed by atoms with E-state index in [1.807, 2.05) is 31.2 Å². The highest BCUT2D eigenvalue weighted by Crippen LogP contribution is 2.30. The van der Waals surface area contributed by atoms with Crippen molar-refractivity contribution in [3.63, 3.8) is 0 Å². The van der Waals surface area contributed by atoms with Crippen LogP contribution in [0.4, 0.5) is 5.69 Å². The lowest BCUT2D eigenvalue weighted by Gasteiger charge is -2.32. The van der Waals surface area contributed by atoms with Crippen molar-refractivity contribution in [3.8, 4) is 0 Å². The first-order valence-electron chi connectivity index (χ1n) is 7.03. The maximum Gasteiger partial charge on any atom is 0.225 e. The number of nitrogens with two attached hydrogens (primary N) is 2. The van der Waals surface area contributed by atoms with Gasteiger partial charge < -0.3 is 21.5 Å². The normalized spacial score (nSPS) is 18.2. The topological polar surface area (TPSA) is 103 Å². The van der Waals surface area contributed by atoms with Gasteiger partial charge in [-0.05, 0) is 31.9 Å². The molecule has 1 aliphatic rings. The minimum absolute atomic E-state index is 0.283. The van der Waals surface area contributed by atoms with Crippen LogP contribution < -0.4 is 16.8 Å². The Morgan fingerprint density at radius 3 is 2.48 bits per heavy atom. The van der Waals surface area contributed by atoms with Gasteiger partial charge in [0.25, 0.3) is 0 Å². The van der Waals surface area contributed by atoms with Gasteiger partial charge in [0, 0.05) is 18.9 Å². The lowest BCUT2D eigenvalue weighted by Crippen LogP contribution is -2.44. The van der Waals surface area contributed by atoms with Crippen LogP contribution in [0.15, 0.2) is 29.3 Å². The van der Waals surface area contributed by atoms with Crippen LogP contribution >= 0.6 is 0 Å². The van der Waals surface area contributed by atoms with Gasteiger partial charge in [0.1, 0.15) is 0 Å². The molecule has 0 aliphatic carbocycles. The van der Waals surface area contributed by atoms with E-state index in [4.69, 9.17) is 16.2 Å². The summed E-state index contributed by atoms with van der Waals surface area (Å²) in [6, 6.07) is 7.82. The number of carbonyl (C=O) groups excluding carboxylic acids is 1. The predicted octanol–water partition coefficient (Wildman–Crippen LogP) is 1.00. The number of anilines is 1. The fourth-order valence-electron chi connectivity index (χ4n) is 2.31. The quantitative estimate of drug-likeness (QED) is 0.568. The zero-order valence-corrected chi connectivity index (χ0v) is 12.3. The summed E-state index contributed by atoms with van der Waals surface area (Å²) in [5.41, 5.74) is 12.8. The summed E-state index contributed by atoms with van der Waals surface area (Å²) in [6.07, 6.45) is 1.17. The molecule has 5 N–H and O–H groups in total. The van der Waals surface area contributed by atoms with Gasteiger partial charge in [0.2, 0.25) is 5.91 Å². The number of nitrogens with zero attached hydrogens (tertiary/aromatic N) is 1. The van der Waals surface area contributed by atoms with E-state index in [1.165, 1.54) is 5.56 Å². The number of amides is 1. The average molecular weight is 290 g/mol. The Kier molecular flexibility index (Phi) is 4.80. The molecule has 1 aromatic rings. The first-order valence-corrected chi connectivity index (χ1v) is 7.03. The largest absolute Gasteiger partial charge is 0.381 e. The molecule has 21 heavy (non-hydrogen) atoms. The van der Waals surface area contributed by atoms with Crippen LogP contribution in [-0.4, -0.2) is 31.6 Å². The summed E-state index contributed by atoms with van der Waals surface area (Å²) in [5, 5.41) is 3.01. The van der Waals surface area contributed by atoms with Crippen molar-refractivity contribution in [1.29, 1.82) is 0 Å². The maximum absolute atomic E-state index is 11.7. The van der Waals surface area contributed by atoms with Crippen molar-refractivity contribution in [2.75, 3.05) is 25.1 Å². The number of primary amides is 1. The van der Waals surface area contributed by atoms with Crippen molar-refractivity contribution in [3.05, 3.63) is 29.8 Å². The molecule has 0 bridgehead atoms. The number of benzene rings is 1. The molecule has 1 aliphatic heterocycles. The van der Waals surface area contributed by atoms with E-state index in [2.05, 4.69) is 10.3 Å². The van der Waals surface area contributed by atoms with E-state index < -0.39 is 5.41 Å². The number of nitrogens with one attached hydrogen (secondary N) is 1. The molecular weight excluding hydrogens is 268 g/mol. The molecule has 0 aromatic heterocycles. The zero-order valence-electron chi connectivity index (χ0n) is 12.3. The SMILES string of the molecule is Cc1ccc(NC(N)=NCC2(C(N)=O)CCOCC2)cc1. The second kappa shape index (κ2) is 6.58. The standard InChI is InChI=1S/C15H22N4O2/c1-11-2-4-12(5-3-11)19-14(17)18-10-15(13(16)20)6-8-21-9-7-15/h2-5H,6-10H2,1H3,(H2,16,20)(H3,17,18,19).